The summed E-state index contributed by atoms with van der Waals surface area (Å²) < 4.78 is 40.4. The summed E-state index contributed by atoms with van der Waals surface area (Å²) in [6, 6.07) is 1.36. The fraction of sp³-hybridized carbons (Fsp3) is 0.556. The van der Waals surface area contributed by atoms with E-state index in [1.165, 1.54) is 6.07 Å². The maximum Gasteiger partial charge on any atom is 0.389 e. The first-order valence-electron chi connectivity index (χ1n) is 4.57. The second-order valence-electron chi connectivity index (χ2n) is 3.14. The van der Waals surface area contributed by atoms with Crippen molar-refractivity contribution in [1.82, 2.24) is 9.97 Å². The predicted octanol–water partition coefficient (Wildman–Crippen LogP) is 3.16. The molecule has 90 valence electrons. The van der Waals surface area contributed by atoms with Crippen molar-refractivity contribution in [2.24, 2.45) is 0 Å². The van der Waals surface area contributed by atoms with Gasteiger partial charge in [-0.25, -0.2) is 4.98 Å². The maximum absolute atomic E-state index is 11.8. The fourth-order valence-electron chi connectivity index (χ4n) is 1.03. The largest absolute Gasteiger partial charge is 0.478 e. The molecule has 3 nitrogen and oxygen atoms in total. The lowest BCUT2D eigenvalue weighted by atomic mass is 10.3. The lowest BCUT2D eigenvalue weighted by molar-refractivity contribution is -0.136. The monoisotopic (exact) mass is 254 g/mol. The molecule has 1 aromatic rings. The van der Waals surface area contributed by atoms with Gasteiger partial charge in [-0.3, -0.25) is 0 Å². The van der Waals surface area contributed by atoms with Gasteiger partial charge in [-0.05, 0) is 13.3 Å². The van der Waals surface area contributed by atoms with E-state index in [1.54, 1.807) is 6.92 Å². The lowest BCUT2D eigenvalue weighted by Crippen LogP contribution is -2.10. The van der Waals surface area contributed by atoms with Crippen LogP contribution in [0.25, 0.3) is 0 Å². The summed E-state index contributed by atoms with van der Waals surface area (Å²) in [5, 5.41) is 0.207. The van der Waals surface area contributed by atoms with Gasteiger partial charge in [0.15, 0.2) is 0 Å². The van der Waals surface area contributed by atoms with Gasteiger partial charge in [-0.15, -0.1) is 0 Å². The van der Waals surface area contributed by atoms with Crippen LogP contribution in [0.5, 0.6) is 5.88 Å². The molecule has 0 radical (unpaired) electrons. The van der Waals surface area contributed by atoms with Gasteiger partial charge < -0.3 is 4.74 Å². The summed E-state index contributed by atoms with van der Waals surface area (Å²) in [7, 11) is 0. The molecule has 0 aliphatic carbocycles. The molecule has 1 aromatic heterocycles. The van der Waals surface area contributed by atoms with Crippen LogP contribution in [0.1, 0.15) is 18.7 Å². The summed E-state index contributed by atoms with van der Waals surface area (Å²) in [6.45, 7) is 1.57. The molecule has 1 rings (SSSR count). The van der Waals surface area contributed by atoms with Crippen molar-refractivity contribution in [2.45, 2.75) is 25.9 Å². The van der Waals surface area contributed by atoms with Crippen LogP contribution in [0, 0.1) is 6.92 Å². The van der Waals surface area contributed by atoms with E-state index in [-0.39, 0.29) is 24.1 Å². The zero-order chi connectivity index (χ0) is 12.2. The topological polar surface area (TPSA) is 35.0 Å². The molecule has 0 aliphatic rings. The molecule has 0 unspecified atom stereocenters. The summed E-state index contributed by atoms with van der Waals surface area (Å²) in [4.78, 5) is 7.67. The van der Waals surface area contributed by atoms with Gasteiger partial charge in [-0.1, -0.05) is 11.6 Å². The van der Waals surface area contributed by atoms with Crippen LogP contribution in [-0.2, 0) is 0 Å². The van der Waals surface area contributed by atoms with Crippen molar-refractivity contribution in [1.29, 1.82) is 0 Å². The molecular weight excluding hydrogens is 245 g/mol. The number of nitrogens with zero attached hydrogens (tertiary/aromatic N) is 2. The lowest BCUT2D eigenvalue weighted by Gasteiger charge is -2.07. The molecule has 0 bridgehead atoms. The number of hydrogen-bond acceptors (Lipinski definition) is 3. The number of halogens is 4. The summed E-state index contributed by atoms with van der Waals surface area (Å²) in [5.74, 6) is 0.609. The van der Waals surface area contributed by atoms with E-state index < -0.39 is 12.6 Å². The predicted molar refractivity (Wildman–Crippen MR) is 52.6 cm³/mol. The Hall–Kier alpha value is -1.04. The van der Waals surface area contributed by atoms with Gasteiger partial charge in [0, 0.05) is 12.5 Å². The molecule has 0 amide bonds. The van der Waals surface area contributed by atoms with E-state index in [1.807, 2.05) is 0 Å². The Bertz CT molecular complexity index is 337. The van der Waals surface area contributed by atoms with E-state index in [4.69, 9.17) is 16.3 Å². The third kappa shape index (κ3) is 5.16. The van der Waals surface area contributed by atoms with Crippen molar-refractivity contribution in [3.8, 4) is 5.88 Å². The highest BCUT2D eigenvalue weighted by Crippen LogP contribution is 2.21. The molecule has 0 fully saturated rings. The Morgan fingerprint density at radius 1 is 1.38 bits per heavy atom. The van der Waals surface area contributed by atoms with Gasteiger partial charge in [0.05, 0.1) is 6.61 Å². The van der Waals surface area contributed by atoms with E-state index in [0.717, 1.165) is 0 Å². The number of rotatable bonds is 4. The SMILES string of the molecule is Cc1nc(Cl)cc(OCCCC(F)(F)F)n1. The zero-order valence-corrected chi connectivity index (χ0v) is 9.27. The molecule has 0 aromatic carbocycles. The zero-order valence-electron chi connectivity index (χ0n) is 8.51. The Morgan fingerprint density at radius 2 is 2.06 bits per heavy atom. The second-order valence-corrected chi connectivity index (χ2v) is 3.53. The van der Waals surface area contributed by atoms with Gasteiger partial charge in [-0.2, -0.15) is 18.2 Å². The van der Waals surface area contributed by atoms with Crippen molar-refractivity contribution in [3.63, 3.8) is 0 Å². The Labute approximate surface area is 95.6 Å². The molecule has 7 heteroatoms. The Kier molecular flexibility index (Phi) is 4.35. The highest BCUT2D eigenvalue weighted by molar-refractivity contribution is 6.29. The first-order valence-corrected chi connectivity index (χ1v) is 4.95. The van der Waals surface area contributed by atoms with Gasteiger partial charge >= 0.3 is 6.18 Å². The minimum Gasteiger partial charge on any atom is -0.478 e. The third-order valence-corrected chi connectivity index (χ3v) is 1.83. The van der Waals surface area contributed by atoms with Crippen LogP contribution in [0.3, 0.4) is 0 Å². The molecule has 1 heterocycles. The Morgan fingerprint density at radius 3 is 2.62 bits per heavy atom. The fourth-order valence-corrected chi connectivity index (χ4v) is 1.24. The molecule has 16 heavy (non-hydrogen) atoms. The van der Waals surface area contributed by atoms with Gasteiger partial charge in [0.1, 0.15) is 11.0 Å². The molecule has 0 saturated heterocycles. The minimum absolute atomic E-state index is 0.0493. The van der Waals surface area contributed by atoms with Crippen molar-refractivity contribution in [3.05, 3.63) is 17.0 Å². The summed E-state index contributed by atoms with van der Waals surface area (Å²) in [6.07, 6.45) is -5.13. The summed E-state index contributed by atoms with van der Waals surface area (Å²) >= 11 is 5.62. The number of aryl methyl sites for hydroxylation is 1. The molecule has 0 saturated carbocycles. The molecule has 0 spiro atoms. The van der Waals surface area contributed by atoms with Gasteiger partial charge in [0.2, 0.25) is 5.88 Å². The first kappa shape index (κ1) is 13.0. The number of ether oxygens (including phenoxy) is 1. The average molecular weight is 255 g/mol. The van der Waals surface area contributed by atoms with Crippen LogP contribution >= 0.6 is 11.6 Å². The molecule has 0 N–H and O–H groups in total. The van der Waals surface area contributed by atoms with Crippen LogP contribution < -0.4 is 4.74 Å². The van der Waals surface area contributed by atoms with E-state index in [2.05, 4.69) is 9.97 Å². The van der Waals surface area contributed by atoms with E-state index >= 15 is 0 Å². The summed E-state index contributed by atoms with van der Waals surface area (Å²) in [5.41, 5.74) is 0. The van der Waals surface area contributed by atoms with Crippen LogP contribution in [0.4, 0.5) is 13.2 Å². The molecular formula is C9H10ClF3N2O. The quantitative estimate of drug-likeness (QED) is 0.612. The third-order valence-electron chi connectivity index (χ3n) is 1.64. The number of alkyl halides is 3. The number of aromatic nitrogens is 2. The smallest absolute Gasteiger partial charge is 0.389 e. The highest BCUT2D eigenvalue weighted by atomic mass is 35.5. The van der Waals surface area contributed by atoms with E-state index in [9.17, 15) is 13.2 Å². The second kappa shape index (κ2) is 5.34. The van der Waals surface area contributed by atoms with Crippen LogP contribution in [0.15, 0.2) is 6.07 Å². The maximum atomic E-state index is 11.8. The molecule has 0 aliphatic heterocycles. The number of hydrogen-bond donors (Lipinski definition) is 0. The first-order chi connectivity index (χ1) is 7.37. The van der Waals surface area contributed by atoms with Crippen LogP contribution in [-0.4, -0.2) is 22.8 Å². The highest BCUT2D eigenvalue weighted by Gasteiger charge is 2.26. The standard InChI is InChI=1S/C9H10ClF3N2O/c1-6-14-7(10)5-8(15-6)16-4-2-3-9(11,12)13/h5H,2-4H2,1H3. The van der Waals surface area contributed by atoms with Crippen LogP contribution in [0.2, 0.25) is 5.15 Å². The van der Waals surface area contributed by atoms with Crippen molar-refractivity contribution in [2.75, 3.05) is 6.61 Å². The van der Waals surface area contributed by atoms with Gasteiger partial charge in [0.25, 0.3) is 0 Å². The average Bonchev–Trinajstić information content (AvgIpc) is 2.09. The van der Waals surface area contributed by atoms with Crippen molar-refractivity contribution < 1.29 is 17.9 Å². The normalized spacial score (nSPS) is 11.6. The van der Waals surface area contributed by atoms with Crippen molar-refractivity contribution >= 4 is 11.6 Å². The Balaban J connectivity index is 2.37. The molecule has 0 atom stereocenters. The minimum atomic E-state index is -4.15. The van der Waals surface area contributed by atoms with E-state index in [0.29, 0.717) is 5.82 Å².